The Morgan fingerprint density at radius 2 is 2.21 bits per heavy atom. The van der Waals surface area contributed by atoms with E-state index in [9.17, 15) is 4.79 Å². The highest BCUT2D eigenvalue weighted by atomic mass is 16.5. The first-order chi connectivity index (χ1) is 6.74. The molecule has 14 heavy (non-hydrogen) atoms. The van der Waals surface area contributed by atoms with Crippen LogP contribution in [0.25, 0.3) is 0 Å². The number of carbonyl (C=O) groups is 1. The van der Waals surface area contributed by atoms with Gasteiger partial charge in [0.15, 0.2) is 0 Å². The lowest BCUT2D eigenvalue weighted by Crippen LogP contribution is -2.12. The van der Waals surface area contributed by atoms with Crippen molar-refractivity contribution in [3.63, 3.8) is 0 Å². The number of hydrogen-bond acceptors (Lipinski definition) is 2. The molecule has 1 atom stereocenters. The molecule has 0 aromatic rings. The van der Waals surface area contributed by atoms with Gasteiger partial charge in [-0.3, -0.25) is 0 Å². The Labute approximate surface area is 87.3 Å². The van der Waals surface area contributed by atoms with Gasteiger partial charge in [-0.25, -0.2) is 4.79 Å². The van der Waals surface area contributed by atoms with Gasteiger partial charge >= 0.3 is 5.97 Å². The lowest BCUT2D eigenvalue weighted by molar-refractivity contribution is -0.138. The summed E-state index contributed by atoms with van der Waals surface area (Å²) in [6, 6.07) is 0. The molecule has 0 aromatic carbocycles. The minimum absolute atomic E-state index is 0.121. The first kappa shape index (κ1) is 13.2. The number of rotatable bonds is 2. The Hall–Kier alpha value is -0.790. The van der Waals surface area contributed by atoms with Crippen LogP contribution in [0, 0.1) is 5.92 Å². The van der Waals surface area contributed by atoms with Crippen molar-refractivity contribution in [1.82, 2.24) is 0 Å². The Morgan fingerprint density at radius 1 is 1.57 bits per heavy atom. The Morgan fingerprint density at radius 3 is 2.64 bits per heavy atom. The van der Waals surface area contributed by atoms with E-state index in [-0.39, 0.29) is 5.97 Å². The SMILES string of the molecule is CC.CCOC(=O)C1=CC[C@H](C)CC1. The highest BCUT2D eigenvalue weighted by Gasteiger charge is 2.16. The number of carbonyl (C=O) groups excluding carboxylic acids is 1. The van der Waals surface area contributed by atoms with Gasteiger partial charge in [0, 0.05) is 5.57 Å². The van der Waals surface area contributed by atoms with Gasteiger partial charge in [-0.2, -0.15) is 0 Å². The molecule has 2 heteroatoms. The molecule has 0 heterocycles. The van der Waals surface area contributed by atoms with Crippen molar-refractivity contribution in [2.24, 2.45) is 5.92 Å². The fourth-order valence-corrected chi connectivity index (χ4v) is 1.37. The van der Waals surface area contributed by atoms with Crippen LogP contribution in [-0.4, -0.2) is 12.6 Å². The molecular weight excluding hydrogens is 176 g/mol. The van der Waals surface area contributed by atoms with Gasteiger partial charge in [-0.05, 0) is 32.1 Å². The van der Waals surface area contributed by atoms with E-state index in [0.717, 1.165) is 30.8 Å². The summed E-state index contributed by atoms with van der Waals surface area (Å²) >= 11 is 0. The maximum absolute atomic E-state index is 11.2. The van der Waals surface area contributed by atoms with Crippen LogP contribution in [0.2, 0.25) is 0 Å². The van der Waals surface area contributed by atoms with Gasteiger partial charge in [-0.15, -0.1) is 0 Å². The Bertz CT molecular complexity index is 194. The third kappa shape index (κ3) is 4.45. The molecule has 82 valence electrons. The van der Waals surface area contributed by atoms with Crippen molar-refractivity contribution in [3.8, 4) is 0 Å². The van der Waals surface area contributed by atoms with Gasteiger partial charge in [0.1, 0.15) is 0 Å². The topological polar surface area (TPSA) is 26.3 Å². The number of hydrogen-bond donors (Lipinski definition) is 0. The summed E-state index contributed by atoms with van der Waals surface area (Å²) in [4.78, 5) is 11.2. The molecule has 1 aliphatic carbocycles. The fourth-order valence-electron chi connectivity index (χ4n) is 1.37. The molecule has 2 nitrogen and oxygen atoms in total. The zero-order valence-corrected chi connectivity index (χ0v) is 9.80. The van der Waals surface area contributed by atoms with Crippen LogP contribution >= 0.6 is 0 Å². The lowest BCUT2D eigenvalue weighted by Gasteiger charge is -2.16. The van der Waals surface area contributed by atoms with E-state index in [1.54, 1.807) is 0 Å². The van der Waals surface area contributed by atoms with Crippen molar-refractivity contribution in [3.05, 3.63) is 11.6 Å². The molecule has 0 spiro atoms. The quantitative estimate of drug-likeness (QED) is 0.636. The summed E-state index contributed by atoms with van der Waals surface area (Å²) in [6.45, 7) is 8.52. The normalized spacial score (nSPS) is 20.3. The van der Waals surface area contributed by atoms with Crippen molar-refractivity contribution < 1.29 is 9.53 Å². The Kier molecular flexibility index (Phi) is 7.17. The first-order valence-electron chi connectivity index (χ1n) is 5.60. The molecule has 0 amide bonds. The number of allylic oxidation sites excluding steroid dienone is 1. The van der Waals surface area contributed by atoms with Crippen molar-refractivity contribution in [2.75, 3.05) is 6.61 Å². The molecular formula is C12H22O2. The largest absolute Gasteiger partial charge is 0.463 e. The summed E-state index contributed by atoms with van der Waals surface area (Å²) in [5, 5.41) is 0. The van der Waals surface area contributed by atoms with Crippen molar-refractivity contribution in [1.29, 1.82) is 0 Å². The fraction of sp³-hybridized carbons (Fsp3) is 0.750. The second-order valence-electron chi connectivity index (χ2n) is 3.33. The molecule has 0 unspecified atom stereocenters. The van der Waals surface area contributed by atoms with Crippen LogP contribution in [0.5, 0.6) is 0 Å². The molecule has 0 saturated carbocycles. The van der Waals surface area contributed by atoms with Crippen LogP contribution in [0.15, 0.2) is 11.6 Å². The molecule has 0 aliphatic heterocycles. The average molecular weight is 198 g/mol. The van der Waals surface area contributed by atoms with Crippen LogP contribution in [0.3, 0.4) is 0 Å². The maximum Gasteiger partial charge on any atom is 0.333 e. The van der Waals surface area contributed by atoms with E-state index in [2.05, 4.69) is 6.92 Å². The van der Waals surface area contributed by atoms with Gasteiger partial charge in [0.05, 0.1) is 6.61 Å². The minimum atomic E-state index is -0.121. The van der Waals surface area contributed by atoms with Gasteiger partial charge in [0.25, 0.3) is 0 Å². The summed E-state index contributed by atoms with van der Waals surface area (Å²) < 4.78 is 4.91. The third-order valence-corrected chi connectivity index (χ3v) is 2.21. The van der Waals surface area contributed by atoms with Gasteiger partial charge in [0.2, 0.25) is 0 Å². The average Bonchev–Trinajstić information content (AvgIpc) is 2.22. The molecule has 1 aliphatic rings. The molecule has 0 N–H and O–H groups in total. The zero-order chi connectivity index (χ0) is 11.0. The summed E-state index contributed by atoms with van der Waals surface area (Å²) in [5.41, 5.74) is 0.870. The molecule has 0 radical (unpaired) electrons. The monoisotopic (exact) mass is 198 g/mol. The summed E-state index contributed by atoms with van der Waals surface area (Å²) in [6.07, 6.45) is 5.05. The third-order valence-electron chi connectivity index (χ3n) is 2.21. The number of ether oxygens (including phenoxy) is 1. The molecule has 0 bridgehead atoms. The van der Waals surface area contributed by atoms with Crippen LogP contribution in [0.4, 0.5) is 0 Å². The van der Waals surface area contributed by atoms with Crippen molar-refractivity contribution >= 4 is 5.97 Å². The summed E-state index contributed by atoms with van der Waals surface area (Å²) in [7, 11) is 0. The van der Waals surface area contributed by atoms with E-state index in [4.69, 9.17) is 4.74 Å². The van der Waals surface area contributed by atoms with Crippen LogP contribution in [0.1, 0.15) is 47.0 Å². The second kappa shape index (κ2) is 7.60. The Balaban J connectivity index is 0.000000791. The summed E-state index contributed by atoms with van der Waals surface area (Å²) in [5.74, 6) is 0.604. The van der Waals surface area contributed by atoms with Gasteiger partial charge in [-0.1, -0.05) is 26.8 Å². The van der Waals surface area contributed by atoms with E-state index >= 15 is 0 Å². The van der Waals surface area contributed by atoms with Crippen LogP contribution < -0.4 is 0 Å². The zero-order valence-electron chi connectivity index (χ0n) is 9.80. The first-order valence-corrected chi connectivity index (χ1v) is 5.60. The standard InChI is InChI=1S/C10H16O2.C2H6/c1-3-12-10(11)9-6-4-8(2)5-7-9;1-2/h6,8H,3-5,7H2,1-2H3;1-2H3/t8-;/m0./s1. The molecule has 0 fully saturated rings. The molecule has 0 saturated heterocycles. The molecule has 0 aromatic heterocycles. The van der Waals surface area contributed by atoms with Gasteiger partial charge < -0.3 is 4.74 Å². The predicted octanol–water partition coefficient (Wildman–Crippen LogP) is 3.32. The smallest absolute Gasteiger partial charge is 0.333 e. The van der Waals surface area contributed by atoms with Crippen molar-refractivity contribution in [2.45, 2.75) is 47.0 Å². The van der Waals surface area contributed by atoms with Crippen LogP contribution in [-0.2, 0) is 9.53 Å². The lowest BCUT2D eigenvalue weighted by atomic mass is 9.91. The number of esters is 1. The van der Waals surface area contributed by atoms with E-state index < -0.39 is 0 Å². The molecule has 1 rings (SSSR count). The van der Waals surface area contributed by atoms with E-state index in [1.165, 1.54) is 0 Å². The van der Waals surface area contributed by atoms with E-state index in [0.29, 0.717) is 6.61 Å². The van der Waals surface area contributed by atoms with E-state index in [1.807, 2.05) is 26.8 Å². The predicted molar refractivity (Wildman–Crippen MR) is 59.1 cm³/mol. The maximum atomic E-state index is 11.2. The second-order valence-corrected chi connectivity index (χ2v) is 3.33. The highest BCUT2D eigenvalue weighted by Crippen LogP contribution is 2.23. The highest BCUT2D eigenvalue weighted by molar-refractivity contribution is 5.88. The minimum Gasteiger partial charge on any atom is -0.463 e.